The van der Waals surface area contributed by atoms with Gasteiger partial charge in [0.15, 0.2) is 6.61 Å². The van der Waals surface area contributed by atoms with E-state index in [0.29, 0.717) is 10.6 Å². The fourth-order valence-corrected chi connectivity index (χ4v) is 3.77. The molecule has 0 radical (unpaired) electrons. The molecule has 0 spiro atoms. The van der Waals surface area contributed by atoms with Gasteiger partial charge in [-0.2, -0.15) is 0 Å². The molecule has 1 N–H and O–H groups in total. The molecule has 2 aromatic carbocycles. The molecule has 1 heterocycles. The number of hydrogen-bond acceptors (Lipinski definition) is 4. The first-order valence-electron chi connectivity index (χ1n) is 8.62. The summed E-state index contributed by atoms with van der Waals surface area (Å²) in [4.78, 5) is 25.9. The molecule has 0 aliphatic heterocycles. The Hall–Kier alpha value is -2.66. The second-order valence-corrected chi connectivity index (χ2v) is 7.38. The molecule has 26 heavy (non-hydrogen) atoms. The predicted octanol–water partition coefficient (Wildman–Crippen LogP) is 4.96. The summed E-state index contributed by atoms with van der Waals surface area (Å²) < 4.78 is 5.16. The van der Waals surface area contributed by atoms with Crippen LogP contribution in [0.3, 0.4) is 0 Å². The normalized spacial score (nSPS) is 10.7. The zero-order chi connectivity index (χ0) is 18.5. The Bertz CT molecular complexity index is 945. The molecule has 134 valence electrons. The molecule has 3 rings (SSSR count). The van der Waals surface area contributed by atoms with Crippen LogP contribution in [0.5, 0.6) is 0 Å². The van der Waals surface area contributed by atoms with Crippen molar-refractivity contribution in [3.8, 4) is 0 Å². The molecule has 1 amide bonds. The Morgan fingerprint density at radius 2 is 1.85 bits per heavy atom. The van der Waals surface area contributed by atoms with Gasteiger partial charge in [0.05, 0.1) is 0 Å². The number of thiophene rings is 1. The third kappa shape index (κ3) is 4.29. The maximum Gasteiger partial charge on any atom is 0.348 e. The van der Waals surface area contributed by atoms with Crippen LogP contribution in [0.1, 0.15) is 33.5 Å². The summed E-state index contributed by atoms with van der Waals surface area (Å²) >= 11 is 1.41. The first-order chi connectivity index (χ1) is 12.6. The van der Waals surface area contributed by atoms with Gasteiger partial charge in [-0.1, -0.05) is 43.7 Å². The topological polar surface area (TPSA) is 55.4 Å². The lowest BCUT2D eigenvalue weighted by atomic mass is 10.1. The van der Waals surface area contributed by atoms with Crippen molar-refractivity contribution in [1.29, 1.82) is 0 Å². The van der Waals surface area contributed by atoms with Crippen molar-refractivity contribution in [3.63, 3.8) is 0 Å². The average Bonchev–Trinajstić information content (AvgIpc) is 3.01. The second kappa shape index (κ2) is 8.15. The van der Waals surface area contributed by atoms with Gasteiger partial charge >= 0.3 is 5.97 Å². The van der Waals surface area contributed by atoms with Crippen molar-refractivity contribution < 1.29 is 14.3 Å². The number of carbonyl (C=O) groups is 2. The fraction of sp³-hybridized carbons (Fsp3) is 0.238. The first kappa shape index (κ1) is 18.1. The maximum atomic E-state index is 12.2. The molecule has 3 aromatic rings. The summed E-state index contributed by atoms with van der Waals surface area (Å²) in [5.74, 6) is -0.801. The van der Waals surface area contributed by atoms with Crippen LogP contribution in [0, 0.1) is 6.92 Å². The molecule has 0 atom stereocenters. The summed E-state index contributed by atoms with van der Waals surface area (Å²) in [6.45, 7) is 3.80. The van der Waals surface area contributed by atoms with E-state index in [1.54, 1.807) is 0 Å². The minimum absolute atomic E-state index is 0.300. The molecule has 0 saturated carbocycles. The van der Waals surface area contributed by atoms with Crippen LogP contribution in [-0.2, 0) is 16.0 Å². The molecule has 0 bridgehead atoms. The molecule has 0 saturated heterocycles. The summed E-state index contributed by atoms with van der Waals surface area (Å²) in [7, 11) is 0. The summed E-state index contributed by atoms with van der Waals surface area (Å²) in [6, 6.07) is 15.5. The standard InChI is InChI=1S/C21H21NO3S/c1-3-6-16-12-19(26-14(16)2)21(24)25-13-20(23)22-18-10-9-15-7-4-5-8-17(15)11-18/h4-5,7-12H,3,6,13H2,1-2H3,(H,22,23). The molecular weight excluding hydrogens is 346 g/mol. The number of fused-ring (bicyclic) bond motifs is 1. The average molecular weight is 367 g/mol. The molecule has 4 nitrogen and oxygen atoms in total. The first-order valence-corrected chi connectivity index (χ1v) is 9.43. The number of ether oxygens (including phenoxy) is 1. The number of carbonyl (C=O) groups excluding carboxylic acids is 2. The van der Waals surface area contributed by atoms with E-state index in [2.05, 4.69) is 12.2 Å². The largest absolute Gasteiger partial charge is 0.451 e. The third-order valence-corrected chi connectivity index (χ3v) is 5.18. The van der Waals surface area contributed by atoms with Crippen molar-refractivity contribution in [1.82, 2.24) is 0 Å². The lowest BCUT2D eigenvalue weighted by molar-refractivity contribution is -0.119. The van der Waals surface area contributed by atoms with Gasteiger partial charge < -0.3 is 10.1 Å². The zero-order valence-corrected chi connectivity index (χ0v) is 15.7. The van der Waals surface area contributed by atoms with E-state index in [-0.39, 0.29) is 12.5 Å². The maximum absolute atomic E-state index is 12.2. The van der Waals surface area contributed by atoms with Crippen LogP contribution in [0.4, 0.5) is 5.69 Å². The Balaban J connectivity index is 1.57. The van der Waals surface area contributed by atoms with Crippen LogP contribution < -0.4 is 5.32 Å². The highest BCUT2D eigenvalue weighted by Crippen LogP contribution is 2.23. The van der Waals surface area contributed by atoms with E-state index >= 15 is 0 Å². The minimum atomic E-state index is -0.450. The summed E-state index contributed by atoms with van der Waals surface area (Å²) in [5.41, 5.74) is 1.85. The van der Waals surface area contributed by atoms with Gasteiger partial charge in [-0.25, -0.2) is 4.79 Å². The van der Waals surface area contributed by atoms with E-state index in [0.717, 1.165) is 28.5 Å². The third-order valence-electron chi connectivity index (χ3n) is 4.11. The molecular formula is C21H21NO3S. The summed E-state index contributed by atoms with van der Waals surface area (Å²) in [5, 5.41) is 4.91. The number of rotatable bonds is 6. The molecule has 5 heteroatoms. The van der Waals surface area contributed by atoms with E-state index in [1.165, 1.54) is 16.9 Å². The van der Waals surface area contributed by atoms with Gasteiger partial charge in [0.2, 0.25) is 0 Å². The number of esters is 1. The highest BCUT2D eigenvalue weighted by atomic mass is 32.1. The van der Waals surface area contributed by atoms with Gasteiger partial charge in [0, 0.05) is 10.6 Å². The molecule has 0 unspecified atom stereocenters. The van der Waals surface area contributed by atoms with Crippen LogP contribution >= 0.6 is 11.3 Å². The predicted molar refractivity (Wildman–Crippen MR) is 106 cm³/mol. The van der Waals surface area contributed by atoms with Crippen molar-refractivity contribution >= 4 is 39.7 Å². The number of nitrogens with one attached hydrogen (secondary N) is 1. The molecule has 1 aromatic heterocycles. The Morgan fingerprint density at radius 3 is 2.62 bits per heavy atom. The lowest BCUT2D eigenvalue weighted by Gasteiger charge is -2.07. The van der Waals surface area contributed by atoms with Crippen molar-refractivity contribution in [3.05, 3.63) is 63.8 Å². The monoisotopic (exact) mass is 367 g/mol. The lowest BCUT2D eigenvalue weighted by Crippen LogP contribution is -2.20. The smallest absolute Gasteiger partial charge is 0.348 e. The van der Waals surface area contributed by atoms with Gasteiger partial charge in [-0.05, 0) is 47.9 Å². The Labute approximate surface area is 156 Å². The second-order valence-electron chi connectivity index (χ2n) is 6.13. The number of anilines is 1. The van der Waals surface area contributed by atoms with Gasteiger partial charge in [-0.15, -0.1) is 11.3 Å². The molecule has 0 aliphatic rings. The van der Waals surface area contributed by atoms with Crippen molar-refractivity contribution in [2.45, 2.75) is 26.7 Å². The summed E-state index contributed by atoms with van der Waals surface area (Å²) in [6.07, 6.45) is 1.97. The minimum Gasteiger partial charge on any atom is -0.451 e. The van der Waals surface area contributed by atoms with E-state index < -0.39 is 5.97 Å². The highest BCUT2D eigenvalue weighted by molar-refractivity contribution is 7.14. The van der Waals surface area contributed by atoms with Crippen molar-refractivity contribution in [2.75, 3.05) is 11.9 Å². The van der Waals surface area contributed by atoms with Gasteiger partial charge in [-0.3, -0.25) is 4.79 Å². The van der Waals surface area contributed by atoms with E-state index in [1.807, 2.05) is 55.5 Å². The zero-order valence-electron chi connectivity index (χ0n) is 14.9. The van der Waals surface area contributed by atoms with Crippen LogP contribution in [0.15, 0.2) is 48.5 Å². The molecule has 0 aliphatic carbocycles. The number of benzene rings is 2. The number of aryl methyl sites for hydroxylation is 2. The number of hydrogen-bond donors (Lipinski definition) is 1. The van der Waals surface area contributed by atoms with Crippen LogP contribution in [0.2, 0.25) is 0 Å². The quantitative estimate of drug-likeness (QED) is 0.627. The Morgan fingerprint density at radius 1 is 1.08 bits per heavy atom. The SMILES string of the molecule is CCCc1cc(C(=O)OCC(=O)Nc2ccc3ccccc3c2)sc1C. The van der Waals surface area contributed by atoms with Crippen LogP contribution in [-0.4, -0.2) is 18.5 Å². The fourth-order valence-electron chi connectivity index (χ4n) is 2.80. The van der Waals surface area contributed by atoms with E-state index in [9.17, 15) is 9.59 Å². The molecule has 0 fully saturated rings. The Kier molecular flexibility index (Phi) is 5.68. The van der Waals surface area contributed by atoms with Gasteiger partial charge in [0.1, 0.15) is 4.88 Å². The van der Waals surface area contributed by atoms with Gasteiger partial charge in [0.25, 0.3) is 5.91 Å². The number of amides is 1. The highest BCUT2D eigenvalue weighted by Gasteiger charge is 2.15. The van der Waals surface area contributed by atoms with E-state index in [4.69, 9.17) is 4.74 Å². The van der Waals surface area contributed by atoms with Crippen molar-refractivity contribution in [2.24, 2.45) is 0 Å². The van der Waals surface area contributed by atoms with Crippen LogP contribution in [0.25, 0.3) is 10.8 Å².